The van der Waals surface area contributed by atoms with Gasteiger partial charge in [0, 0.05) is 17.7 Å². The predicted octanol–water partition coefficient (Wildman–Crippen LogP) is 2.98. The summed E-state index contributed by atoms with van der Waals surface area (Å²) in [5.41, 5.74) is 4.12. The first-order chi connectivity index (χ1) is 13.3. The maximum absolute atomic E-state index is 12.5. The summed E-state index contributed by atoms with van der Waals surface area (Å²) in [7, 11) is -2.47. The summed E-state index contributed by atoms with van der Waals surface area (Å²) in [5.74, 6) is -0.489. The maximum Gasteiger partial charge on any atom is 0.356 e. The molecule has 0 saturated heterocycles. The number of hydrogen-bond donors (Lipinski definition) is 1. The van der Waals surface area contributed by atoms with Crippen molar-refractivity contribution in [1.29, 1.82) is 0 Å². The van der Waals surface area contributed by atoms with Gasteiger partial charge in [-0.1, -0.05) is 42.0 Å². The van der Waals surface area contributed by atoms with Crippen molar-refractivity contribution in [2.24, 2.45) is 5.14 Å². The number of ether oxygens (including phenoxy) is 1. The highest BCUT2D eigenvalue weighted by Crippen LogP contribution is 2.35. The van der Waals surface area contributed by atoms with E-state index >= 15 is 0 Å². The summed E-state index contributed by atoms with van der Waals surface area (Å²) in [6.07, 6.45) is 0. The molecule has 28 heavy (non-hydrogen) atoms. The zero-order valence-corrected chi connectivity index (χ0v) is 16.7. The van der Waals surface area contributed by atoms with E-state index in [2.05, 4.69) is 5.10 Å². The standard InChI is InChI=1S/C20H21N3O4S/c1-4-23-19(20(24)27-3)17(14-7-5-13(2)6-8-14)18(22-23)15-9-11-16(12-10-15)28(21,25)26/h5-12H,4H2,1-3H3,(H2,21,25,26). The molecule has 0 aliphatic rings. The fraction of sp³-hybridized carbons (Fsp3) is 0.200. The highest BCUT2D eigenvalue weighted by molar-refractivity contribution is 7.89. The number of sulfonamides is 1. The van der Waals surface area contributed by atoms with Crippen LogP contribution in [0.15, 0.2) is 53.4 Å². The Labute approximate surface area is 163 Å². The molecular weight excluding hydrogens is 378 g/mol. The van der Waals surface area contributed by atoms with Gasteiger partial charge in [-0.3, -0.25) is 4.68 Å². The smallest absolute Gasteiger partial charge is 0.356 e. The number of carbonyl (C=O) groups excluding carboxylic acids is 1. The van der Waals surface area contributed by atoms with Crippen molar-refractivity contribution in [3.63, 3.8) is 0 Å². The zero-order valence-electron chi connectivity index (χ0n) is 15.8. The van der Waals surface area contributed by atoms with E-state index in [1.165, 1.54) is 19.2 Å². The van der Waals surface area contributed by atoms with Crippen LogP contribution < -0.4 is 5.14 Å². The van der Waals surface area contributed by atoms with E-state index in [1.807, 2.05) is 38.1 Å². The molecule has 0 aliphatic heterocycles. The maximum atomic E-state index is 12.5. The number of aromatic nitrogens is 2. The number of esters is 1. The van der Waals surface area contributed by atoms with Crippen molar-refractivity contribution < 1.29 is 17.9 Å². The second kappa shape index (κ2) is 7.57. The lowest BCUT2D eigenvalue weighted by Gasteiger charge is -2.08. The van der Waals surface area contributed by atoms with Gasteiger partial charge in [-0.25, -0.2) is 18.4 Å². The van der Waals surface area contributed by atoms with E-state index in [9.17, 15) is 13.2 Å². The van der Waals surface area contributed by atoms with Crippen molar-refractivity contribution in [2.75, 3.05) is 7.11 Å². The molecule has 0 saturated carbocycles. The van der Waals surface area contributed by atoms with Gasteiger partial charge in [-0.2, -0.15) is 5.10 Å². The second-order valence-corrected chi connectivity index (χ2v) is 7.88. The first kappa shape index (κ1) is 19.8. The molecule has 3 aromatic rings. The van der Waals surface area contributed by atoms with E-state index in [1.54, 1.807) is 16.8 Å². The van der Waals surface area contributed by atoms with Gasteiger partial charge in [-0.05, 0) is 31.5 Å². The molecular formula is C20H21N3O4S. The molecule has 0 aliphatic carbocycles. The average molecular weight is 399 g/mol. The van der Waals surface area contributed by atoms with E-state index < -0.39 is 16.0 Å². The topological polar surface area (TPSA) is 104 Å². The van der Waals surface area contributed by atoms with Crippen LogP contribution in [0.25, 0.3) is 22.4 Å². The Hall–Kier alpha value is -2.97. The summed E-state index contributed by atoms with van der Waals surface area (Å²) in [4.78, 5) is 12.5. The molecule has 0 fully saturated rings. The zero-order chi connectivity index (χ0) is 20.5. The predicted molar refractivity (Wildman–Crippen MR) is 106 cm³/mol. The van der Waals surface area contributed by atoms with E-state index in [4.69, 9.17) is 9.88 Å². The van der Waals surface area contributed by atoms with Crippen LogP contribution >= 0.6 is 0 Å². The van der Waals surface area contributed by atoms with E-state index in [-0.39, 0.29) is 4.90 Å². The third-order valence-electron chi connectivity index (χ3n) is 4.43. The minimum absolute atomic E-state index is 0.0104. The SMILES string of the molecule is CCn1nc(-c2ccc(S(N)(=O)=O)cc2)c(-c2ccc(C)cc2)c1C(=O)OC. The number of aryl methyl sites for hydroxylation is 2. The number of benzene rings is 2. The molecule has 2 aromatic carbocycles. The number of methoxy groups -OCH3 is 1. The number of nitrogens with zero attached hydrogens (tertiary/aromatic N) is 2. The number of nitrogens with two attached hydrogens (primary N) is 1. The molecule has 1 heterocycles. The highest BCUT2D eigenvalue weighted by atomic mass is 32.2. The fourth-order valence-corrected chi connectivity index (χ4v) is 3.51. The minimum atomic E-state index is -3.79. The summed E-state index contributed by atoms with van der Waals surface area (Å²) in [6.45, 7) is 4.33. The molecule has 0 spiro atoms. The lowest BCUT2D eigenvalue weighted by molar-refractivity contribution is 0.0587. The number of carbonyl (C=O) groups is 1. The Morgan fingerprint density at radius 3 is 2.14 bits per heavy atom. The van der Waals surface area contributed by atoms with Crippen molar-refractivity contribution >= 4 is 16.0 Å². The summed E-state index contributed by atoms with van der Waals surface area (Å²) in [6, 6.07) is 13.8. The quantitative estimate of drug-likeness (QED) is 0.664. The third-order valence-corrected chi connectivity index (χ3v) is 5.36. The Bertz CT molecular complexity index is 1120. The summed E-state index contributed by atoms with van der Waals surface area (Å²) >= 11 is 0. The minimum Gasteiger partial charge on any atom is -0.464 e. The molecule has 1 aromatic heterocycles. The van der Waals surface area contributed by atoms with Gasteiger partial charge < -0.3 is 4.74 Å². The number of hydrogen-bond acceptors (Lipinski definition) is 5. The molecule has 0 radical (unpaired) electrons. The first-order valence-corrected chi connectivity index (χ1v) is 10.2. The van der Waals surface area contributed by atoms with Crippen molar-refractivity contribution in [1.82, 2.24) is 9.78 Å². The number of primary sulfonamides is 1. The molecule has 3 rings (SSSR count). The molecule has 7 nitrogen and oxygen atoms in total. The van der Waals surface area contributed by atoms with Gasteiger partial charge in [0.25, 0.3) is 0 Å². The van der Waals surface area contributed by atoms with Crippen molar-refractivity contribution in [3.8, 4) is 22.4 Å². The molecule has 0 amide bonds. The van der Waals surface area contributed by atoms with Crippen LogP contribution in [-0.2, 0) is 21.3 Å². The van der Waals surface area contributed by atoms with Crippen LogP contribution in [0.1, 0.15) is 23.0 Å². The average Bonchev–Trinajstić information content (AvgIpc) is 3.07. The Morgan fingerprint density at radius 2 is 1.64 bits per heavy atom. The van der Waals surface area contributed by atoms with Gasteiger partial charge in [0.2, 0.25) is 10.0 Å². The molecule has 146 valence electrons. The van der Waals surface area contributed by atoms with Crippen LogP contribution in [0.5, 0.6) is 0 Å². The van der Waals surface area contributed by atoms with Gasteiger partial charge in [0.1, 0.15) is 5.69 Å². The van der Waals surface area contributed by atoms with Crippen molar-refractivity contribution in [2.45, 2.75) is 25.3 Å². The fourth-order valence-electron chi connectivity index (χ4n) is 2.99. The molecule has 0 bridgehead atoms. The molecule has 0 unspecified atom stereocenters. The molecule has 8 heteroatoms. The highest BCUT2D eigenvalue weighted by Gasteiger charge is 2.26. The largest absolute Gasteiger partial charge is 0.464 e. The molecule has 0 atom stereocenters. The molecule has 2 N–H and O–H groups in total. The summed E-state index contributed by atoms with van der Waals surface area (Å²) < 4.78 is 29.6. The second-order valence-electron chi connectivity index (χ2n) is 6.31. The number of rotatable bonds is 5. The Balaban J connectivity index is 2.27. The van der Waals surface area contributed by atoms with Crippen LogP contribution in [0, 0.1) is 6.92 Å². The third kappa shape index (κ3) is 3.69. The van der Waals surface area contributed by atoms with E-state index in [0.717, 1.165) is 11.1 Å². The van der Waals surface area contributed by atoms with Crippen LogP contribution in [-0.4, -0.2) is 31.3 Å². The Morgan fingerprint density at radius 1 is 1.07 bits per heavy atom. The van der Waals surface area contributed by atoms with Crippen LogP contribution in [0.2, 0.25) is 0 Å². The normalized spacial score (nSPS) is 11.4. The van der Waals surface area contributed by atoms with Gasteiger partial charge >= 0.3 is 5.97 Å². The van der Waals surface area contributed by atoms with Crippen molar-refractivity contribution in [3.05, 3.63) is 59.8 Å². The lowest BCUT2D eigenvalue weighted by Crippen LogP contribution is -2.11. The summed E-state index contributed by atoms with van der Waals surface area (Å²) in [5, 5.41) is 9.77. The first-order valence-electron chi connectivity index (χ1n) is 8.65. The van der Waals surface area contributed by atoms with E-state index in [0.29, 0.717) is 29.1 Å². The van der Waals surface area contributed by atoms with Crippen LogP contribution in [0.3, 0.4) is 0 Å². The van der Waals surface area contributed by atoms with Crippen LogP contribution in [0.4, 0.5) is 0 Å². The van der Waals surface area contributed by atoms with Gasteiger partial charge in [0.15, 0.2) is 5.69 Å². The lowest BCUT2D eigenvalue weighted by atomic mass is 9.98. The van der Waals surface area contributed by atoms with Gasteiger partial charge in [-0.15, -0.1) is 0 Å². The van der Waals surface area contributed by atoms with Gasteiger partial charge in [0.05, 0.1) is 12.0 Å². The monoisotopic (exact) mass is 399 g/mol. The Kier molecular flexibility index (Phi) is 5.35.